The Morgan fingerprint density at radius 2 is 1.87 bits per heavy atom. The number of unbranched alkanes of at least 4 members (excludes halogenated alkanes) is 3. The highest BCUT2D eigenvalue weighted by atomic mass is 35.5. The van der Waals surface area contributed by atoms with Crippen LogP contribution in [0.5, 0.6) is 5.75 Å². The highest BCUT2D eigenvalue weighted by Crippen LogP contribution is 2.32. The first-order valence-electron chi connectivity index (χ1n) is 15.1. The predicted molar refractivity (Wildman–Crippen MR) is 169 cm³/mol. The first-order valence-corrected chi connectivity index (χ1v) is 15.5. The molecule has 1 aromatic heterocycles. The van der Waals surface area contributed by atoms with Gasteiger partial charge in [0.1, 0.15) is 17.3 Å². The summed E-state index contributed by atoms with van der Waals surface area (Å²) in [7, 11) is 1.46. The van der Waals surface area contributed by atoms with E-state index in [-0.39, 0.29) is 12.5 Å². The topological polar surface area (TPSA) is 138 Å². The van der Waals surface area contributed by atoms with E-state index in [2.05, 4.69) is 15.6 Å². The molecule has 2 heterocycles. The van der Waals surface area contributed by atoms with E-state index in [1.165, 1.54) is 7.11 Å². The van der Waals surface area contributed by atoms with Crippen LogP contribution in [0.15, 0.2) is 53.8 Å². The molecule has 0 spiro atoms. The maximum atomic E-state index is 12.8. The third-order valence-corrected chi connectivity index (χ3v) is 7.38. The van der Waals surface area contributed by atoms with Gasteiger partial charge in [-0.25, -0.2) is 4.79 Å². The smallest absolute Gasteiger partial charge is 0.439 e. The number of carbonyl (C=O) groups excluding carboxylic acids is 2. The third kappa shape index (κ3) is 11.1. The summed E-state index contributed by atoms with van der Waals surface area (Å²) in [4.78, 5) is 30.5. The van der Waals surface area contributed by atoms with Crippen LogP contribution >= 0.6 is 11.6 Å². The molecule has 12 nitrogen and oxygen atoms in total. The lowest BCUT2D eigenvalue weighted by atomic mass is 9.93. The number of guanidine groups is 1. The fourth-order valence-corrected chi connectivity index (χ4v) is 5.15. The zero-order valence-corrected chi connectivity index (χ0v) is 27.2. The van der Waals surface area contributed by atoms with E-state index in [1.807, 2.05) is 39.1 Å². The number of piperidine rings is 1. The normalized spacial score (nSPS) is 16.6. The molecule has 0 radical (unpaired) electrons. The minimum atomic E-state index is -1.48. The van der Waals surface area contributed by atoms with Crippen molar-refractivity contribution in [3.05, 3.63) is 53.8 Å². The molecule has 2 aromatic rings. The van der Waals surface area contributed by atoms with Crippen molar-refractivity contribution in [2.24, 2.45) is 10.9 Å². The summed E-state index contributed by atoms with van der Waals surface area (Å²) in [6, 6.07) is 10.8. The number of aromatic nitrogens is 1. The van der Waals surface area contributed by atoms with Gasteiger partial charge in [-0.15, -0.1) is 4.57 Å². The largest absolute Gasteiger partial charge is 0.494 e. The van der Waals surface area contributed by atoms with Gasteiger partial charge in [-0.2, -0.15) is 5.26 Å². The molecule has 1 aliphatic heterocycles. The van der Waals surface area contributed by atoms with Crippen molar-refractivity contribution in [2.75, 3.05) is 38.7 Å². The zero-order valence-electron chi connectivity index (χ0n) is 26.5. The van der Waals surface area contributed by atoms with Gasteiger partial charge in [0, 0.05) is 43.9 Å². The van der Waals surface area contributed by atoms with E-state index >= 15 is 0 Å². The first kappa shape index (κ1) is 35.4. The number of benzene rings is 1. The summed E-state index contributed by atoms with van der Waals surface area (Å²) in [6.07, 6.45) is 10.0. The van der Waals surface area contributed by atoms with Crippen molar-refractivity contribution in [3.63, 3.8) is 0 Å². The number of likely N-dealkylation sites (tertiary alicyclic amines) is 1. The van der Waals surface area contributed by atoms with Gasteiger partial charge in [-0.3, -0.25) is 19.8 Å². The molecule has 2 atom stereocenters. The summed E-state index contributed by atoms with van der Waals surface area (Å²) < 4.78 is 24.4. The Morgan fingerprint density at radius 1 is 1.16 bits per heavy atom. The quantitative estimate of drug-likeness (QED) is 0.0417. The summed E-state index contributed by atoms with van der Waals surface area (Å²) in [5.74, 6) is -0.720. The van der Waals surface area contributed by atoms with Crippen molar-refractivity contribution in [3.8, 4) is 11.9 Å². The van der Waals surface area contributed by atoms with E-state index in [9.17, 15) is 14.9 Å². The van der Waals surface area contributed by atoms with E-state index in [0.717, 1.165) is 31.4 Å². The van der Waals surface area contributed by atoms with E-state index in [4.69, 9.17) is 30.5 Å². The van der Waals surface area contributed by atoms with Crippen molar-refractivity contribution in [1.29, 1.82) is 5.26 Å². The highest BCUT2D eigenvalue weighted by Gasteiger charge is 2.53. The maximum absolute atomic E-state index is 12.8. The van der Waals surface area contributed by atoms with Gasteiger partial charge in [-0.05, 0) is 77.1 Å². The molecule has 13 heteroatoms. The number of aliphatic imine (C=N–C) groups is 1. The second-order valence-electron chi connectivity index (χ2n) is 11.6. The number of nitrogens with zero attached hydrogens (tertiary/aromatic N) is 4. The number of nitrogens with one attached hydrogen (secondary N) is 2. The first-order chi connectivity index (χ1) is 21.6. The maximum Gasteiger partial charge on any atom is 0.439 e. The third-order valence-electron chi connectivity index (χ3n) is 7.13. The Hall–Kier alpha value is -4.08. The van der Waals surface area contributed by atoms with Crippen LogP contribution < -0.4 is 19.9 Å². The molecular formula is C32H44ClN6O6+. The monoisotopic (exact) mass is 643 g/mol. The summed E-state index contributed by atoms with van der Waals surface area (Å²) in [5.41, 5.74) is 0.0260. The molecule has 0 aliphatic carbocycles. The van der Waals surface area contributed by atoms with Gasteiger partial charge < -0.3 is 24.4 Å². The minimum Gasteiger partial charge on any atom is -0.494 e. The molecular weight excluding hydrogens is 600 g/mol. The molecule has 1 fully saturated rings. The van der Waals surface area contributed by atoms with Crippen LogP contribution in [0.2, 0.25) is 5.02 Å². The zero-order chi connectivity index (χ0) is 32.7. The molecule has 1 aromatic carbocycles. The van der Waals surface area contributed by atoms with Gasteiger partial charge >= 0.3 is 12.0 Å². The Balaban J connectivity index is 1.56. The lowest BCUT2D eigenvalue weighted by Gasteiger charge is -2.38. The summed E-state index contributed by atoms with van der Waals surface area (Å²) in [5, 5.41) is 15.6. The van der Waals surface area contributed by atoms with Crippen molar-refractivity contribution in [2.45, 2.75) is 70.8 Å². The molecule has 45 heavy (non-hydrogen) atoms. The van der Waals surface area contributed by atoms with Gasteiger partial charge in [0.2, 0.25) is 5.96 Å². The molecule has 1 saturated heterocycles. The van der Waals surface area contributed by atoms with Crippen LogP contribution in [0.1, 0.15) is 59.3 Å². The molecule has 2 unspecified atom stereocenters. The van der Waals surface area contributed by atoms with Crippen LogP contribution in [-0.2, 0) is 24.9 Å². The summed E-state index contributed by atoms with van der Waals surface area (Å²) in [6.45, 7) is 7.79. The van der Waals surface area contributed by atoms with Crippen LogP contribution in [0.4, 0.5) is 10.5 Å². The number of amides is 1. The Kier molecular flexibility index (Phi) is 13.7. The standard InChI is InChI=1S/C32H43ClN6O6/c1-31(2,3)45-30(41)38-18-9-10-25(22-38)32(42-4,44-24-40)39-19-15-27(16-20-39)37-29(36-23-34)35-17-7-5-6-8-21-43-28-13-11-26(33)12-14-28/h11-16,19-20,24-25H,5-10,17-18,21-22H2,1-4H3,(H,35,36)/p+1. The Bertz CT molecular complexity index is 1300. The molecule has 3 rings (SSSR count). The van der Waals surface area contributed by atoms with Crippen molar-refractivity contribution < 1.29 is 33.1 Å². The number of hydrogen-bond donors (Lipinski definition) is 2. The number of anilines is 1. The number of hydrogen-bond acceptors (Lipinski definition) is 8. The van der Waals surface area contributed by atoms with Gasteiger partial charge in [-0.1, -0.05) is 18.0 Å². The average Bonchev–Trinajstić information content (AvgIpc) is 3.02. The SMILES string of the molecule is COC(OC=O)(C1CCCN(C(=O)OC(C)(C)C)C1)[n+]1ccc(NC(=NCCCCCCOc2ccc(Cl)cc2)NC#N)cc1. The van der Waals surface area contributed by atoms with Crippen LogP contribution in [0.25, 0.3) is 0 Å². The molecule has 1 aliphatic rings. The lowest BCUT2D eigenvalue weighted by molar-refractivity contribution is -0.859. The van der Waals surface area contributed by atoms with E-state index in [1.54, 1.807) is 46.1 Å². The fourth-order valence-electron chi connectivity index (χ4n) is 5.02. The second-order valence-corrected chi connectivity index (χ2v) is 12.1. The van der Waals surface area contributed by atoms with Crippen LogP contribution in [-0.4, -0.2) is 62.4 Å². The van der Waals surface area contributed by atoms with Crippen molar-refractivity contribution in [1.82, 2.24) is 10.2 Å². The average molecular weight is 644 g/mol. The van der Waals surface area contributed by atoms with Crippen LogP contribution in [0.3, 0.4) is 0 Å². The van der Waals surface area contributed by atoms with Crippen molar-refractivity contribution >= 4 is 35.8 Å². The minimum absolute atomic E-state index is 0.280. The lowest BCUT2D eigenvalue weighted by Crippen LogP contribution is -2.66. The summed E-state index contributed by atoms with van der Waals surface area (Å²) >= 11 is 5.90. The fraction of sp³-hybridized carbons (Fsp3) is 0.531. The second kappa shape index (κ2) is 17.4. The number of rotatable bonds is 14. The number of methoxy groups -OCH3 is 1. The van der Waals surface area contributed by atoms with E-state index in [0.29, 0.717) is 55.7 Å². The number of nitriles is 1. The number of pyridine rings is 1. The van der Waals surface area contributed by atoms with Gasteiger partial charge in [0.15, 0.2) is 18.6 Å². The van der Waals surface area contributed by atoms with E-state index < -0.39 is 17.6 Å². The molecule has 0 bridgehead atoms. The Morgan fingerprint density at radius 3 is 2.51 bits per heavy atom. The Labute approximate surface area is 270 Å². The van der Waals surface area contributed by atoms with Gasteiger partial charge in [0.05, 0.1) is 12.3 Å². The molecule has 0 saturated carbocycles. The number of carbonyl (C=O) groups is 2. The number of halogens is 1. The molecule has 244 valence electrons. The van der Waals surface area contributed by atoms with Gasteiger partial charge in [0.25, 0.3) is 6.47 Å². The van der Waals surface area contributed by atoms with Crippen LogP contribution in [0, 0.1) is 17.4 Å². The molecule has 2 N–H and O–H groups in total. The predicted octanol–water partition coefficient (Wildman–Crippen LogP) is 5.18. The molecule has 1 amide bonds. The highest BCUT2D eigenvalue weighted by molar-refractivity contribution is 6.30. The number of ether oxygens (including phenoxy) is 4.